The van der Waals surface area contributed by atoms with Gasteiger partial charge in [0.15, 0.2) is 23.2 Å². The molecule has 1 aliphatic heterocycles. The van der Waals surface area contributed by atoms with Crippen LogP contribution < -0.4 is 16.5 Å². The number of pyridine rings is 1. The Hall–Kier alpha value is -3.40. The third-order valence-corrected chi connectivity index (χ3v) is 3.95. The van der Waals surface area contributed by atoms with Crippen molar-refractivity contribution in [2.45, 2.75) is 6.92 Å². The summed E-state index contributed by atoms with van der Waals surface area (Å²) in [7, 11) is 0. The fourth-order valence-electron chi connectivity index (χ4n) is 2.24. The lowest BCUT2D eigenvalue weighted by atomic mass is 10.2. The Labute approximate surface area is 163 Å². The van der Waals surface area contributed by atoms with Crippen LogP contribution in [0.2, 0.25) is 5.15 Å². The number of nitrogens with one attached hydrogen (secondary N) is 2. The first kappa shape index (κ1) is 19.4. The lowest BCUT2D eigenvalue weighted by molar-refractivity contribution is 0.0959. The zero-order valence-electron chi connectivity index (χ0n) is 14.5. The van der Waals surface area contributed by atoms with Gasteiger partial charge in [-0.25, -0.2) is 13.8 Å². The minimum atomic E-state index is -1.02. The number of carbonyl (C=O) groups is 1. The zero-order chi connectivity index (χ0) is 20.3. The van der Waals surface area contributed by atoms with Gasteiger partial charge in [-0.3, -0.25) is 10.2 Å². The molecule has 8 nitrogen and oxygen atoms in total. The highest BCUT2D eigenvalue weighted by atomic mass is 35.5. The first-order chi connectivity index (χ1) is 13.3. The number of hydrogen-bond donors (Lipinski definition) is 3. The van der Waals surface area contributed by atoms with Crippen molar-refractivity contribution in [3.63, 3.8) is 0 Å². The number of halogens is 3. The summed E-state index contributed by atoms with van der Waals surface area (Å²) in [6.07, 6.45) is 0. The topological polar surface area (TPSA) is 117 Å². The Bertz CT molecular complexity index is 1040. The predicted octanol–water partition coefficient (Wildman–Crippen LogP) is 2.25. The smallest absolute Gasteiger partial charge is 0.254 e. The van der Waals surface area contributed by atoms with Crippen LogP contribution in [-0.2, 0) is 0 Å². The maximum Gasteiger partial charge on any atom is 0.254 e. The standard InChI is InChI=1S/C17H14ClF2N7O/c1-8-2-4-10(15(18)23-8)17(28)22-7-13-14(16(21)27-25-13)26-24-9-3-5-11(19)12(20)6-9/h2-6,24H,7H2,1H3,(H,22,28)(H2,21,26,27). The fraction of sp³-hybridized carbons (Fsp3) is 0.118. The van der Waals surface area contributed by atoms with Crippen LogP contribution in [-0.4, -0.2) is 34.7 Å². The largest absolute Gasteiger partial charge is 0.380 e. The molecule has 0 unspecified atom stereocenters. The van der Waals surface area contributed by atoms with E-state index in [4.69, 9.17) is 17.3 Å². The van der Waals surface area contributed by atoms with Gasteiger partial charge in [0.05, 0.1) is 17.8 Å². The Morgan fingerprint density at radius 1 is 1.21 bits per heavy atom. The molecule has 0 saturated heterocycles. The number of nitrogens with two attached hydrogens (primary N) is 1. The average molecular weight is 406 g/mol. The van der Waals surface area contributed by atoms with Gasteiger partial charge in [-0.2, -0.15) is 5.10 Å². The van der Waals surface area contributed by atoms with Gasteiger partial charge in [-0.1, -0.05) is 11.6 Å². The van der Waals surface area contributed by atoms with E-state index in [1.807, 2.05) is 0 Å². The molecule has 0 aliphatic carbocycles. The van der Waals surface area contributed by atoms with E-state index in [9.17, 15) is 13.6 Å². The molecule has 0 spiro atoms. The van der Waals surface area contributed by atoms with Gasteiger partial charge in [-0.15, -0.1) is 10.2 Å². The number of aromatic nitrogens is 1. The monoisotopic (exact) mass is 405 g/mol. The third kappa shape index (κ3) is 4.29. The van der Waals surface area contributed by atoms with Crippen LogP contribution in [0, 0.1) is 18.6 Å². The average Bonchev–Trinajstić information content (AvgIpc) is 3.00. The van der Waals surface area contributed by atoms with E-state index in [1.165, 1.54) is 6.07 Å². The number of anilines is 1. The first-order valence-corrected chi connectivity index (χ1v) is 8.34. The van der Waals surface area contributed by atoms with Crippen molar-refractivity contribution in [3.8, 4) is 0 Å². The molecule has 1 aliphatic rings. The van der Waals surface area contributed by atoms with E-state index in [0.29, 0.717) is 5.69 Å². The number of amides is 1. The van der Waals surface area contributed by atoms with Gasteiger partial charge in [0.2, 0.25) is 0 Å². The van der Waals surface area contributed by atoms with Crippen molar-refractivity contribution >= 4 is 40.5 Å². The number of nitrogens with zero attached hydrogens (tertiary/aromatic N) is 4. The molecule has 1 aromatic carbocycles. The van der Waals surface area contributed by atoms with E-state index in [2.05, 4.69) is 31.0 Å². The lowest BCUT2D eigenvalue weighted by Crippen LogP contribution is -2.37. The van der Waals surface area contributed by atoms with Gasteiger partial charge >= 0.3 is 0 Å². The summed E-state index contributed by atoms with van der Waals surface area (Å²) in [5.74, 6) is -2.45. The van der Waals surface area contributed by atoms with E-state index >= 15 is 0 Å². The second-order valence-electron chi connectivity index (χ2n) is 5.71. The van der Waals surface area contributed by atoms with E-state index in [-0.39, 0.29) is 40.2 Å². The molecule has 1 amide bonds. The summed E-state index contributed by atoms with van der Waals surface area (Å²) in [6.45, 7) is 1.72. The van der Waals surface area contributed by atoms with Crippen molar-refractivity contribution in [2.75, 3.05) is 12.0 Å². The molecule has 4 N–H and O–H groups in total. The molecule has 0 bridgehead atoms. The van der Waals surface area contributed by atoms with Gasteiger partial charge in [-0.05, 0) is 31.2 Å². The van der Waals surface area contributed by atoms with Crippen molar-refractivity contribution in [2.24, 2.45) is 21.0 Å². The summed E-state index contributed by atoms with van der Waals surface area (Å²) in [4.78, 5) is 16.3. The summed E-state index contributed by atoms with van der Waals surface area (Å²) >= 11 is 5.98. The third-order valence-electron chi connectivity index (χ3n) is 3.66. The molecule has 0 atom stereocenters. The highest BCUT2D eigenvalue weighted by Crippen LogP contribution is 2.14. The normalized spacial score (nSPS) is 14.6. The molecule has 2 aromatic rings. The zero-order valence-corrected chi connectivity index (χ0v) is 15.3. The molecule has 2 heterocycles. The van der Waals surface area contributed by atoms with Crippen molar-refractivity contribution in [1.29, 1.82) is 0 Å². The fourth-order valence-corrected chi connectivity index (χ4v) is 2.52. The van der Waals surface area contributed by atoms with E-state index < -0.39 is 17.5 Å². The number of aryl methyl sites for hydroxylation is 1. The number of hydrogen-bond acceptors (Lipinski definition) is 7. The maximum absolute atomic E-state index is 13.3. The quantitative estimate of drug-likeness (QED) is 0.522. The molecular formula is C17H14ClF2N7O. The van der Waals surface area contributed by atoms with Crippen LogP contribution in [0.25, 0.3) is 0 Å². The highest BCUT2D eigenvalue weighted by Gasteiger charge is 2.21. The number of benzene rings is 1. The molecule has 1 aromatic heterocycles. The van der Waals surface area contributed by atoms with Crippen molar-refractivity contribution < 1.29 is 13.6 Å². The van der Waals surface area contributed by atoms with Crippen molar-refractivity contribution in [3.05, 3.63) is 58.4 Å². The molecule has 0 fully saturated rings. The highest BCUT2D eigenvalue weighted by molar-refractivity contribution is 6.70. The minimum absolute atomic E-state index is 0.00867. The SMILES string of the molecule is Cc1ccc(C(=O)NCC2=NN=C(N)/C2=N\Nc2ccc(F)c(F)c2)c(Cl)n1. The second kappa shape index (κ2) is 8.09. The van der Waals surface area contributed by atoms with E-state index in [1.54, 1.807) is 19.1 Å². The van der Waals surface area contributed by atoms with Gasteiger partial charge in [0, 0.05) is 11.8 Å². The van der Waals surface area contributed by atoms with E-state index in [0.717, 1.165) is 12.1 Å². The van der Waals surface area contributed by atoms with Gasteiger partial charge in [0.1, 0.15) is 10.9 Å². The summed E-state index contributed by atoms with van der Waals surface area (Å²) in [5.41, 5.74) is 9.81. The van der Waals surface area contributed by atoms with Gasteiger partial charge in [0.25, 0.3) is 5.91 Å². The molecule has 144 valence electrons. The second-order valence-corrected chi connectivity index (χ2v) is 6.06. The number of amidine groups is 1. The van der Waals surface area contributed by atoms with Crippen molar-refractivity contribution in [1.82, 2.24) is 10.3 Å². The lowest BCUT2D eigenvalue weighted by Gasteiger charge is -2.08. The Balaban J connectivity index is 1.68. The summed E-state index contributed by atoms with van der Waals surface area (Å²) in [5, 5.41) is 14.3. The summed E-state index contributed by atoms with van der Waals surface area (Å²) in [6, 6.07) is 6.41. The molecule has 28 heavy (non-hydrogen) atoms. The van der Waals surface area contributed by atoms with Crippen LogP contribution in [0.1, 0.15) is 16.1 Å². The van der Waals surface area contributed by atoms with Crippen LogP contribution in [0.4, 0.5) is 14.5 Å². The van der Waals surface area contributed by atoms with Gasteiger partial charge < -0.3 is 11.1 Å². The maximum atomic E-state index is 13.3. The van der Waals surface area contributed by atoms with Crippen LogP contribution in [0.5, 0.6) is 0 Å². The number of carbonyl (C=O) groups excluding carboxylic acids is 1. The minimum Gasteiger partial charge on any atom is -0.380 e. The Morgan fingerprint density at radius 3 is 2.71 bits per heavy atom. The predicted molar refractivity (Wildman–Crippen MR) is 103 cm³/mol. The van der Waals surface area contributed by atoms with Crippen LogP contribution in [0.3, 0.4) is 0 Å². The molecule has 0 radical (unpaired) electrons. The van der Waals surface area contributed by atoms with Crippen LogP contribution in [0.15, 0.2) is 45.6 Å². The Morgan fingerprint density at radius 2 is 2.00 bits per heavy atom. The molecular weight excluding hydrogens is 392 g/mol. The first-order valence-electron chi connectivity index (χ1n) is 7.96. The molecule has 3 rings (SSSR count). The number of hydrazone groups is 1. The number of rotatable bonds is 5. The van der Waals surface area contributed by atoms with Crippen LogP contribution >= 0.6 is 11.6 Å². The molecule has 11 heteroatoms. The molecule has 0 saturated carbocycles. The Kier molecular flexibility index (Phi) is 5.59. The summed E-state index contributed by atoms with van der Waals surface area (Å²) < 4.78 is 26.2.